The van der Waals surface area contributed by atoms with Gasteiger partial charge in [0.2, 0.25) is 0 Å². The molecule has 0 aliphatic rings. The molecule has 6 heteroatoms. The molecule has 0 saturated heterocycles. The van der Waals surface area contributed by atoms with Gasteiger partial charge in [0.15, 0.2) is 11.5 Å². The minimum atomic E-state index is 0.434. The van der Waals surface area contributed by atoms with Crippen LogP contribution < -0.4 is 9.47 Å². The molecule has 3 aromatic carbocycles. The van der Waals surface area contributed by atoms with Crippen LogP contribution in [0.15, 0.2) is 65.1 Å². The van der Waals surface area contributed by atoms with E-state index in [0.29, 0.717) is 28.7 Å². The van der Waals surface area contributed by atoms with Crippen LogP contribution in [-0.4, -0.2) is 7.11 Å². The zero-order valence-electron chi connectivity index (χ0n) is 15.5. The van der Waals surface area contributed by atoms with E-state index in [1.54, 1.807) is 19.2 Å². The van der Waals surface area contributed by atoms with Crippen LogP contribution in [0.1, 0.15) is 16.7 Å². The van der Waals surface area contributed by atoms with Crippen LogP contribution in [0.2, 0.25) is 5.02 Å². The maximum Gasteiger partial charge on any atom is 0.174 e. The van der Waals surface area contributed by atoms with Gasteiger partial charge >= 0.3 is 0 Å². The van der Waals surface area contributed by atoms with Crippen molar-refractivity contribution < 1.29 is 9.47 Å². The number of rotatable bonds is 6. The Morgan fingerprint density at radius 1 is 1.14 bits per heavy atom. The van der Waals surface area contributed by atoms with Crippen molar-refractivity contribution in [2.24, 2.45) is 0 Å². The van der Waals surface area contributed by atoms with Crippen molar-refractivity contribution in [3.8, 4) is 17.6 Å². The third-order valence-corrected chi connectivity index (χ3v) is 5.72. The topological polar surface area (TPSA) is 42.2 Å². The molecule has 3 nitrogen and oxygen atoms in total. The summed E-state index contributed by atoms with van der Waals surface area (Å²) in [6.07, 6.45) is 1.83. The van der Waals surface area contributed by atoms with E-state index in [0.717, 1.165) is 24.7 Å². The SMILES string of the molecule is COc1cc(/C=C(/C#N)c2ccc(Cl)cc2)cc(I)c1OCc1ccc(Br)cc1. The van der Waals surface area contributed by atoms with Crippen LogP contribution in [-0.2, 0) is 6.61 Å². The van der Waals surface area contributed by atoms with E-state index >= 15 is 0 Å². The van der Waals surface area contributed by atoms with Crippen molar-refractivity contribution in [1.29, 1.82) is 5.26 Å². The van der Waals surface area contributed by atoms with Gasteiger partial charge in [-0.15, -0.1) is 0 Å². The van der Waals surface area contributed by atoms with Crippen molar-refractivity contribution in [1.82, 2.24) is 0 Å². The minimum absolute atomic E-state index is 0.434. The van der Waals surface area contributed by atoms with Crippen LogP contribution in [0.4, 0.5) is 0 Å². The Morgan fingerprint density at radius 2 is 1.83 bits per heavy atom. The van der Waals surface area contributed by atoms with Gasteiger partial charge in [0.25, 0.3) is 0 Å². The Labute approximate surface area is 197 Å². The van der Waals surface area contributed by atoms with Gasteiger partial charge in [-0.1, -0.05) is 51.8 Å². The number of allylic oxidation sites excluding steroid dienone is 1. The van der Waals surface area contributed by atoms with Crippen LogP contribution in [0.3, 0.4) is 0 Å². The lowest BCUT2D eigenvalue weighted by molar-refractivity contribution is 0.282. The summed E-state index contributed by atoms with van der Waals surface area (Å²) in [7, 11) is 1.61. The Balaban J connectivity index is 1.88. The smallest absolute Gasteiger partial charge is 0.174 e. The molecule has 146 valence electrons. The predicted octanol–water partition coefficient (Wildman–Crippen LogP) is 7.36. The Hall–Kier alpha value is -2.01. The maximum atomic E-state index is 9.58. The van der Waals surface area contributed by atoms with E-state index in [2.05, 4.69) is 44.6 Å². The first-order valence-electron chi connectivity index (χ1n) is 8.62. The number of hydrogen-bond acceptors (Lipinski definition) is 3. The fourth-order valence-corrected chi connectivity index (χ4v) is 3.85. The normalized spacial score (nSPS) is 11.1. The molecule has 0 aliphatic heterocycles. The number of methoxy groups -OCH3 is 1. The second-order valence-corrected chi connectivity index (χ2v) is 8.64. The Kier molecular flexibility index (Phi) is 7.59. The van der Waals surface area contributed by atoms with Gasteiger partial charge in [-0.05, 0) is 81.8 Å². The molecular formula is C23H16BrClINO2. The number of ether oxygens (including phenoxy) is 2. The molecule has 3 aromatic rings. The number of benzene rings is 3. The molecule has 0 aromatic heterocycles. The van der Waals surface area contributed by atoms with Crippen LogP contribution in [0.25, 0.3) is 11.6 Å². The molecule has 3 rings (SSSR count). The zero-order valence-corrected chi connectivity index (χ0v) is 20.0. The van der Waals surface area contributed by atoms with E-state index in [1.807, 2.05) is 54.6 Å². The standard InChI is InChI=1S/C23H16BrClINO2/c1-28-22-12-16(10-18(13-27)17-4-8-20(25)9-5-17)11-21(26)23(22)29-14-15-2-6-19(24)7-3-15/h2-12H,14H2,1H3/b18-10-. The monoisotopic (exact) mass is 579 g/mol. The molecule has 0 saturated carbocycles. The van der Waals surface area contributed by atoms with Gasteiger partial charge < -0.3 is 9.47 Å². The van der Waals surface area contributed by atoms with Crippen LogP contribution >= 0.6 is 50.1 Å². The average molecular weight is 581 g/mol. The predicted molar refractivity (Wildman–Crippen MR) is 129 cm³/mol. The van der Waals surface area contributed by atoms with E-state index in [-0.39, 0.29) is 0 Å². The summed E-state index contributed by atoms with van der Waals surface area (Å²) in [5.41, 5.74) is 3.27. The van der Waals surface area contributed by atoms with Crippen molar-refractivity contribution in [2.45, 2.75) is 6.61 Å². The quantitative estimate of drug-likeness (QED) is 0.174. The molecular weight excluding hydrogens is 565 g/mol. The van der Waals surface area contributed by atoms with E-state index < -0.39 is 0 Å². The molecule has 0 fully saturated rings. The summed E-state index contributed by atoms with van der Waals surface area (Å²) in [5.74, 6) is 1.30. The second-order valence-electron chi connectivity index (χ2n) is 6.13. The lowest BCUT2D eigenvalue weighted by Gasteiger charge is -2.14. The van der Waals surface area contributed by atoms with E-state index in [1.165, 1.54) is 0 Å². The Morgan fingerprint density at radius 3 is 2.45 bits per heavy atom. The van der Waals surface area contributed by atoms with Gasteiger partial charge in [-0.25, -0.2) is 0 Å². The largest absolute Gasteiger partial charge is 0.493 e. The first-order chi connectivity index (χ1) is 14.0. The first-order valence-corrected chi connectivity index (χ1v) is 10.9. The number of halogens is 3. The van der Waals surface area contributed by atoms with E-state index in [9.17, 15) is 5.26 Å². The second kappa shape index (κ2) is 10.1. The summed E-state index contributed by atoms with van der Waals surface area (Å²) < 4.78 is 13.5. The fraction of sp³-hybridized carbons (Fsp3) is 0.0870. The van der Waals surface area contributed by atoms with Gasteiger partial charge in [0.05, 0.1) is 22.3 Å². The van der Waals surface area contributed by atoms with Crippen molar-refractivity contribution >= 4 is 61.8 Å². The molecule has 0 bridgehead atoms. The minimum Gasteiger partial charge on any atom is -0.493 e. The summed E-state index contributed by atoms with van der Waals surface area (Å²) in [6, 6.07) is 21.3. The van der Waals surface area contributed by atoms with Crippen molar-refractivity contribution in [3.63, 3.8) is 0 Å². The molecule has 0 heterocycles. The molecule has 0 amide bonds. The zero-order chi connectivity index (χ0) is 20.8. The highest BCUT2D eigenvalue weighted by molar-refractivity contribution is 14.1. The summed E-state index contributed by atoms with van der Waals surface area (Å²) in [5, 5.41) is 10.2. The molecule has 29 heavy (non-hydrogen) atoms. The molecule has 0 aliphatic carbocycles. The highest BCUT2D eigenvalue weighted by Crippen LogP contribution is 2.35. The molecule has 0 radical (unpaired) electrons. The van der Waals surface area contributed by atoms with Crippen molar-refractivity contribution in [2.75, 3.05) is 7.11 Å². The molecule has 0 spiro atoms. The van der Waals surface area contributed by atoms with Gasteiger partial charge in [0, 0.05) is 9.50 Å². The Bertz CT molecular complexity index is 1070. The van der Waals surface area contributed by atoms with Crippen molar-refractivity contribution in [3.05, 3.63) is 90.4 Å². The lowest BCUT2D eigenvalue weighted by Crippen LogP contribution is -2.00. The highest BCUT2D eigenvalue weighted by Gasteiger charge is 2.12. The third-order valence-electron chi connectivity index (χ3n) is 4.13. The summed E-state index contributed by atoms with van der Waals surface area (Å²) in [6.45, 7) is 0.434. The first kappa shape index (κ1) is 21.7. The fourth-order valence-electron chi connectivity index (χ4n) is 2.68. The lowest BCUT2D eigenvalue weighted by atomic mass is 10.0. The average Bonchev–Trinajstić information content (AvgIpc) is 2.72. The highest BCUT2D eigenvalue weighted by atomic mass is 127. The van der Waals surface area contributed by atoms with E-state index in [4.69, 9.17) is 21.1 Å². The summed E-state index contributed by atoms with van der Waals surface area (Å²) >= 11 is 11.6. The third kappa shape index (κ3) is 5.75. The van der Waals surface area contributed by atoms with Gasteiger partial charge in [-0.3, -0.25) is 0 Å². The molecule has 0 N–H and O–H groups in total. The molecule has 0 unspecified atom stereocenters. The van der Waals surface area contributed by atoms with Gasteiger partial charge in [0.1, 0.15) is 6.61 Å². The number of nitrogens with zero attached hydrogens (tertiary/aromatic N) is 1. The summed E-state index contributed by atoms with van der Waals surface area (Å²) in [4.78, 5) is 0. The molecule has 0 atom stereocenters. The van der Waals surface area contributed by atoms with Gasteiger partial charge in [-0.2, -0.15) is 5.26 Å². The van der Waals surface area contributed by atoms with Crippen LogP contribution in [0, 0.1) is 14.9 Å². The number of hydrogen-bond donors (Lipinski definition) is 0. The van der Waals surface area contributed by atoms with Crippen LogP contribution in [0.5, 0.6) is 11.5 Å². The number of nitriles is 1. The maximum absolute atomic E-state index is 9.58.